The molecule has 6 nitrogen and oxygen atoms in total. The van der Waals surface area contributed by atoms with Crippen LogP contribution in [-0.2, 0) is 19.1 Å². The Bertz CT molecular complexity index is 556. The summed E-state index contributed by atoms with van der Waals surface area (Å²) < 4.78 is 11.3. The number of nitrogens with zero attached hydrogens (tertiary/aromatic N) is 1. The Morgan fingerprint density at radius 2 is 2.00 bits per heavy atom. The fourth-order valence-corrected chi connectivity index (χ4v) is 4.11. The molecule has 0 aromatic heterocycles. The van der Waals surface area contributed by atoms with Gasteiger partial charge in [-0.3, -0.25) is 4.90 Å². The zero-order valence-electron chi connectivity index (χ0n) is 14.7. The number of allylic oxidation sites excluding steroid dienone is 1. The van der Waals surface area contributed by atoms with E-state index in [-0.39, 0.29) is 37.1 Å². The molecule has 0 aromatic carbocycles. The number of rotatable bonds is 0. The number of ether oxygens (including phenoxy) is 2. The number of esters is 2. The highest BCUT2D eigenvalue weighted by Crippen LogP contribution is 2.36. The molecule has 3 aliphatic rings. The van der Waals surface area contributed by atoms with Gasteiger partial charge < -0.3 is 14.6 Å². The van der Waals surface area contributed by atoms with Crippen molar-refractivity contribution in [2.75, 3.05) is 19.7 Å². The summed E-state index contributed by atoms with van der Waals surface area (Å²) >= 11 is 0. The Morgan fingerprint density at radius 1 is 1.29 bits per heavy atom. The quantitative estimate of drug-likeness (QED) is 0.530. The van der Waals surface area contributed by atoms with E-state index in [2.05, 4.69) is 4.90 Å². The third-order valence-electron chi connectivity index (χ3n) is 5.97. The van der Waals surface area contributed by atoms with Crippen molar-refractivity contribution in [2.24, 2.45) is 11.8 Å². The van der Waals surface area contributed by atoms with Crippen molar-refractivity contribution in [1.29, 1.82) is 0 Å². The fraction of sp³-hybridized carbons (Fsp3) is 0.778. The standard InChI is InChI=1S/C18H27NO5/c1-4-12-9-11(2)18(3,22)17(21)23-10-13-5-7-19-8-6-14(15(13)19)24-16(12)20/h4,11,13-15,22H,5-10H2,1-3H3/b12-4+/t11-,13+,14+,15+,18+/m0/s1. The molecular weight excluding hydrogens is 310 g/mol. The van der Waals surface area contributed by atoms with E-state index in [1.54, 1.807) is 19.9 Å². The van der Waals surface area contributed by atoms with Crippen LogP contribution in [0.3, 0.4) is 0 Å². The topological polar surface area (TPSA) is 76.1 Å². The van der Waals surface area contributed by atoms with E-state index >= 15 is 0 Å². The molecule has 1 N–H and O–H groups in total. The van der Waals surface area contributed by atoms with Gasteiger partial charge in [0.15, 0.2) is 5.60 Å². The van der Waals surface area contributed by atoms with Crippen LogP contribution in [-0.4, -0.2) is 59.4 Å². The van der Waals surface area contributed by atoms with E-state index in [9.17, 15) is 14.7 Å². The van der Waals surface area contributed by atoms with Crippen LogP contribution >= 0.6 is 0 Å². The fourth-order valence-electron chi connectivity index (χ4n) is 4.11. The van der Waals surface area contributed by atoms with E-state index < -0.39 is 17.5 Å². The molecule has 6 heteroatoms. The van der Waals surface area contributed by atoms with Crippen LogP contribution in [0.2, 0.25) is 0 Å². The van der Waals surface area contributed by atoms with Crippen LogP contribution < -0.4 is 0 Å². The smallest absolute Gasteiger partial charge is 0.338 e. The average Bonchev–Trinajstić information content (AvgIpc) is 3.12. The van der Waals surface area contributed by atoms with Crippen molar-refractivity contribution >= 4 is 11.9 Å². The predicted molar refractivity (Wildman–Crippen MR) is 87.1 cm³/mol. The first kappa shape index (κ1) is 17.4. The first-order valence-electron chi connectivity index (χ1n) is 8.84. The maximum atomic E-state index is 12.6. The molecular formula is C18H27NO5. The monoisotopic (exact) mass is 337 g/mol. The van der Waals surface area contributed by atoms with Crippen LogP contribution in [0, 0.1) is 11.8 Å². The van der Waals surface area contributed by atoms with Crippen molar-refractivity contribution in [3.63, 3.8) is 0 Å². The Balaban J connectivity index is 1.89. The molecule has 0 saturated carbocycles. The lowest BCUT2D eigenvalue weighted by Gasteiger charge is -2.32. The van der Waals surface area contributed by atoms with Crippen molar-refractivity contribution < 1.29 is 24.2 Å². The van der Waals surface area contributed by atoms with Gasteiger partial charge in [-0.2, -0.15) is 0 Å². The highest BCUT2D eigenvalue weighted by atomic mass is 16.6. The molecule has 134 valence electrons. The molecule has 0 spiro atoms. The molecule has 0 aliphatic carbocycles. The molecule has 0 aromatic rings. The molecule has 0 bridgehead atoms. The lowest BCUT2D eigenvalue weighted by Crippen LogP contribution is -2.46. The molecule has 3 heterocycles. The summed E-state index contributed by atoms with van der Waals surface area (Å²) in [6.07, 6.45) is 3.59. The number of hydrogen-bond donors (Lipinski definition) is 1. The van der Waals surface area contributed by atoms with Gasteiger partial charge >= 0.3 is 11.9 Å². The molecule has 3 aliphatic heterocycles. The number of hydrogen-bond acceptors (Lipinski definition) is 6. The van der Waals surface area contributed by atoms with Crippen LogP contribution in [0.5, 0.6) is 0 Å². The SMILES string of the molecule is C/C=C1\C[C@H](C)[C@@](C)(O)C(=O)OC[C@H]2CCN3CC[C@@H](OC1=O)[C@@H]23. The molecule has 0 unspecified atom stereocenters. The summed E-state index contributed by atoms with van der Waals surface area (Å²) in [6.45, 7) is 7.11. The number of carbonyl (C=O) groups is 2. The number of aliphatic hydroxyl groups is 1. The van der Waals surface area contributed by atoms with E-state index in [1.165, 1.54) is 6.92 Å². The number of carbonyl (C=O) groups excluding carboxylic acids is 2. The molecule has 5 atom stereocenters. The van der Waals surface area contributed by atoms with E-state index in [0.717, 1.165) is 25.9 Å². The van der Waals surface area contributed by atoms with Crippen LogP contribution in [0.4, 0.5) is 0 Å². The van der Waals surface area contributed by atoms with Gasteiger partial charge in [0, 0.05) is 18.0 Å². The normalized spacial score (nSPS) is 42.9. The summed E-state index contributed by atoms with van der Waals surface area (Å²) in [5.41, 5.74) is -1.12. The lowest BCUT2D eigenvalue weighted by atomic mass is 9.85. The summed E-state index contributed by atoms with van der Waals surface area (Å²) in [5, 5.41) is 10.6. The molecule has 3 rings (SSSR count). The Hall–Kier alpha value is -1.40. The van der Waals surface area contributed by atoms with Gasteiger partial charge in [-0.1, -0.05) is 13.0 Å². The lowest BCUT2D eigenvalue weighted by molar-refractivity contribution is -0.172. The first-order valence-corrected chi connectivity index (χ1v) is 8.84. The van der Waals surface area contributed by atoms with Gasteiger partial charge in [-0.25, -0.2) is 9.59 Å². The zero-order valence-corrected chi connectivity index (χ0v) is 14.7. The second-order valence-electron chi connectivity index (χ2n) is 7.47. The molecule has 3 fully saturated rings. The highest BCUT2D eigenvalue weighted by Gasteiger charge is 2.48. The minimum atomic E-state index is -1.62. The second-order valence-corrected chi connectivity index (χ2v) is 7.47. The molecule has 0 amide bonds. The summed E-state index contributed by atoms with van der Waals surface area (Å²) in [7, 11) is 0. The Kier molecular flexibility index (Phi) is 4.71. The zero-order chi connectivity index (χ0) is 17.5. The highest BCUT2D eigenvalue weighted by molar-refractivity contribution is 5.89. The molecule has 3 saturated heterocycles. The van der Waals surface area contributed by atoms with Gasteiger partial charge in [0.05, 0.1) is 12.6 Å². The second kappa shape index (κ2) is 6.48. The van der Waals surface area contributed by atoms with Crippen LogP contribution in [0.25, 0.3) is 0 Å². The van der Waals surface area contributed by atoms with Crippen molar-refractivity contribution in [2.45, 2.75) is 57.8 Å². The predicted octanol–water partition coefficient (Wildman–Crippen LogP) is 1.27. The molecule has 24 heavy (non-hydrogen) atoms. The van der Waals surface area contributed by atoms with E-state index in [4.69, 9.17) is 9.47 Å². The Labute approximate surface area is 142 Å². The van der Waals surface area contributed by atoms with Crippen molar-refractivity contribution in [3.8, 4) is 0 Å². The van der Waals surface area contributed by atoms with Gasteiger partial charge in [-0.05, 0) is 45.6 Å². The third-order valence-corrected chi connectivity index (χ3v) is 5.97. The minimum absolute atomic E-state index is 0.113. The van der Waals surface area contributed by atoms with Crippen LogP contribution in [0.1, 0.15) is 40.0 Å². The van der Waals surface area contributed by atoms with Gasteiger partial charge in [-0.15, -0.1) is 0 Å². The maximum Gasteiger partial charge on any atom is 0.338 e. The summed E-state index contributed by atoms with van der Waals surface area (Å²) in [6, 6.07) is 0.113. The first-order chi connectivity index (χ1) is 11.3. The average molecular weight is 337 g/mol. The van der Waals surface area contributed by atoms with E-state index in [1.807, 2.05) is 0 Å². The largest absolute Gasteiger partial charge is 0.463 e. The van der Waals surface area contributed by atoms with Gasteiger partial charge in [0.25, 0.3) is 0 Å². The third kappa shape index (κ3) is 2.97. The van der Waals surface area contributed by atoms with Crippen molar-refractivity contribution in [1.82, 2.24) is 4.90 Å². The van der Waals surface area contributed by atoms with Crippen molar-refractivity contribution in [3.05, 3.63) is 11.6 Å². The van der Waals surface area contributed by atoms with E-state index in [0.29, 0.717) is 5.57 Å². The maximum absolute atomic E-state index is 12.6. The van der Waals surface area contributed by atoms with Gasteiger partial charge in [0.2, 0.25) is 0 Å². The van der Waals surface area contributed by atoms with Gasteiger partial charge in [0.1, 0.15) is 6.10 Å². The minimum Gasteiger partial charge on any atom is -0.463 e. The summed E-state index contributed by atoms with van der Waals surface area (Å²) in [5.74, 6) is -1.23. The van der Waals surface area contributed by atoms with Crippen LogP contribution in [0.15, 0.2) is 11.6 Å². The summed E-state index contributed by atoms with van der Waals surface area (Å²) in [4.78, 5) is 27.3. The Morgan fingerprint density at radius 3 is 2.71 bits per heavy atom. The number of cyclic esters (lactones) is 1. The molecule has 0 radical (unpaired) electrons.